The van der Waals surface area contributed by atoms with Crippen LogP contribution in [0.15, 0.2) is 12.1 Å². The maximum absolute atomic E-state index is 13.0. The molecule has 2 fully saturated rings. The summed E-state index contributed by atoms with van der Waals surface area (Å²) in [6, 6.07) is 3.22. The summed E-state index contributed by atoms with van der Waals surface area (Å²) in [4.78, 5) is 29.1. The smallest absolute Gasteiger partial charge is 0.259 e. The van der Waals surface area contributed by atoms with Gasteiger partial charge in [0.25, 0.3) is 5.91 Å². The lowest BCUT2D eigenvalue weighted by Crippen LogP contribution is -2.50. The minimum atomic E-state index is -0.210. The van der Waals surface area contributed by atoms with Crippen LogP contribution >= 0.6 is 23.2 Å². The molecule has 1 aliphatic heterocycles. The highest BCUT2D eigenvalue weighted by molar-refractivity contribution is 6.37. The molecule has 0 unspecified atom stereocenters. The van der Waals surface area contributed by atoms with Crippen molar-refractivity contribution in [3.05, 3.63) is 27.7 Å². The van der Waals surface area contributed by atoms with Crippen molar-refractivity contribution in [3.8, 4) is 5.75 Å². The molecule has 154 valence electrons. The van der Waals surface area contributed by atoms with Gasteiger partial charge in [0.1, 0.15) is 5.56 Å². The number of carbonyl (C=O) groups is 2. The second-order valence-electron chi connectivity index (χ2n) is 7.65. The molecular weight excluding hydrogens is 399 g/mol. The van der Waals surface area contributed by atoms with Crippen LogP contribution in [0.25, 0.3) is 0 Å². The first-order valence-electron chi connectivity index (χ1n) is 10.1. The number of halogens is 2. The van der Waals surface area contributed by atoms with Crippen molar-refractivity contribution in [1.82, 2.24) is 9.80 Å². The third-order valence-electron chi connectivity index (χ3n) is 5.89. The number of amides is 2. The molecule has 1 aromatic carbocycles. The van der Waals surface area contributed by atoms with E-state index in [1.165, 1.54) is 39.2 Å². The van der Waals surface area contributed by atoms with Gasteiger partial charge in [-0.15, -0.1) is 0 Å². The Morgan fingerprint density at radius 2 is 1.61 bits per heavy atom. The van der Waals surface area contributed by atoms with Gasteiger partial charge < -0.3 is 14.5 Å². The predicted molar refractivity (Wildman–Crippen MR) is 111 cm³/mol. The average Bonchev–Trinajstić information content (AvgIpc) is 2.73. The minimum absolute atomic E-state index is 0.205. The summed E-state index contributed by atoms with van der Waals surface area (Å²) in [5.41, 5.74) is 0.286. The average molecular weight is 427 g/mol. The summed E-state index contributed by atoms with van der Waals surface area (Å²) in [5.74, 6) is 0.998. The van der Waals surface area contributed by atoms with Gasteiger partial charge in [-0.05, 0) is 24.5 Å². The fourth-order valence-electron chi connectivity index (χ4n) is 4.21. The van der Waals surface area contributed by atoms with Crippen molar-refractivity contribution < 1.29 is 14.3 Å². The second-order valence-corrected chi connectivity index (χ2v) is 8.47. The lowest BCUT2D eigenvalue weighted by Gasteiger charge is -2.35. The van der Waals surface area contributed by atoms with Gasteiger partial charge in [-0.25, -0.2) is 0 Å². The molecule has 0 spiro atoms. The van der Waals surface area contributed by atoms with Crippen LogP contribution < -0.4 is 4.74 Å². The van der Waals surface area contributed by atoms with Crippen LogP contribution in [0, 0.1) is 5.92 Å². The van der Waals surface area contributed by atoms with Gasteiger partial charge in [0.15, 0.2) is 5.75 Å². The Hall–Kier alpha value is -1.46. The molecule has 2 aliphatic rings. The third-order valence-corrected chi connectivity index (χ3v) is 6.50. The van der Waals surface area contributed by atoms with E-state index in [4.69, 9.17) is 27.9 Å². The monoisotopic (exact) mass is 426 g/mol. The lowest BCUT2D eigenvalue weighted by molar-refractivity contribution is -0.133. The lowest BCUT2D eigenvalue weighted by atomic mass is 9.86. The summed E-state index contributed by atoms with van der Waals surface area (Å²) < 4.78 is 5.29. The number of carbonyl (C=O) groups excluding carboxylic acids is 2. The van der Waals surface area contributed by atoms with Crippen molar-refractivity contribution in [1.29, 1.82) is 0 Å². The summed E-state index contributed by atoms with van der Waals surface area (Å²) in [5, 5.41) is 0.670. The Kier molecular flexibility index (Phi) is 7.47. The summed E-state index contributed by atoms with van der Waals surface area (Å²) in [7, 11) is 1.47. The van der Waals surface area contributed by atoms with Crippen LogP contribution in [-0.2, 0) is 4.79 Å². The molecule has 0 N–H and O–H groups in total. The Morgan fingerprint density at radius 3 is 2.25 bits per heavy atom. The first-order chi connectivity index (χ1) is 13.5. The predicted octanol–water partition coefficient (Wildman–Crippen LogP) is 4.65. The van der Waals surface area contributed by atoms with Crippen molar-refractivity contribution in [2.75, 3.05) is 33.3 Å². The largest absolute Gasteiger partial charge is 0.494 e. The Morgan fingerprint density at radius 1 is 1.00 bits per heavy atom. The zero-order valence-electron chi connectivity index (χ0n) is 16.4. The molecular formula is C21H28Cl2N2O3. The molecule has 1 heterocycles. The zero-order chi connectivity index (χ0) is 20.1. The SMILES string of the molecule is COc1c(Cl)ccc(Cl)c1C(=O)N1CCN(C(=O)CCC2CCCCC2)CC1. The molecule has 1 saturated heterocycles. The minimum Gasteiger partial charge on any atom is -0.494 e. The third kappa shape index (κ3) is 4.93. The van der Waals surface area contributed by atoms with Gasteiger partial charge in [-0.2, -0.15) is 0 Å². The van der Waals surface area contributed by atoms with Crippen LogP contribution in [-0.4, -0.2) is 54.9 Å². The van der Waals surface area contributed by atoms with E-state index in [0.717, 1.165) is 6.42 Å². The van der Waals surface area contributed by atoms with Crippen LogP contribution in [0.3, 0.4) is 0 Å². The molecule has 7 heteroatoms. The molecule has 5 nitrogen and oxygen atoms in total. The molecule has 1 saturated carbocycles. The Bertz CT molecular complexity index is 712. The number of piperazine rings is 1. The number of hydrogen-bond acceptors (Lipinski definition) is 3. The van der Waals surface area contributed by atoms with Gasteiger partial charge in [0.2, 0.25) is 5.91 Å². The fourth-order valence-corrected chi connectivity index (χ4v) is 4.67. The van der Waals surface area contributed by atoms with Crippen LogP contribution in [0.2, 0.25) is 10.0 Å². The summed E-state index contributed by atoms with van der Waals surface area (Å²) in [6.07, 6.45) is 8.07. The second kappa shape index (κ2) is 9.84. The van der Waals surface area contributed by atoms with E-state index in [9.17, 15) is 9.59 Å². The number of nitrogens with zero attached hydrogens (tertiary/aromatic N) is 2. The molecule has 2 amide bonds. The van der Waals surface area contributed by atoms with Crippen LogP contribution in [0.5, 0.6) is 5.75 Å². The normalized spacial score (nSPS) is 18.2. The first kappa shape index (κ1) is 21.3. The van der Waals surface area contributed by atoms with Crippen molar-refractivity contribution in [2.45, 2.75) is 44.9 Å². The van der Waals surface area contributed by atoms with E-state index in [-0.39, 0.29) is 17.4 Å². The van der Waals surface area contributed by atoms with Crippen LogP contribution in [0.4, 0.5) is 0 Å². The van der Waals surface area contributed by atoms with Gasteiger partial charge in [0, 0.05) is 32.6 Å². The Labute approximate surface area is 176 Å². The molecule has 1 aromatic rings. The molecule has 0 atom stereocenters. The number of methoxy groups -OCH3 is 1. The number of benzene rings is 1. The van der Waals surface area contributed by atoms with Gasteiger partial charge in [0.05, 0.1) is 17.2 Å². The highest BCUT2D eigenvalue weighted by atomic mass is 35.5. The molecule has 0 aromatic heterocycles. The standard InChI is InChI=1S/C21H28Cl2N2O3/c1-28-20-17(23)9-8-16(22)19(20)21(27)25-13-11-24(12-14-25)18(26)10-7-15-5-3-2-4-6-15/h8-9,15H,2-7,10-14H2,1H3. The fraction of sp³-hybridized carbons (Fsp3) is 0.619. The molecule has 28 heavy (non-hydrogen) atoms. The number of hydrogen-bond donors (Lipinski definition) is 0. The first-order valence-corrected chi connectivity index (χ1v) is 10.9. The summed E-state index contributed by atoms with van der Waals surface area (Å²) >= 11 is 12.4. The molecule has 0 bridgehead atoms. The van der Waals surface area contributed by atoms with E-state index in [1.54, 1.807) is 17.0 Å². The van der Waals surface area contributed by atoms with E-state index < -0.39 is 0 Å². The van der Waals surface area contributed by atoms with Crippen molar-refractivity contribution >= 4 is 35.0 Å². The van der Waals surface area contributed by atoms with E-state index in [2.05, 4.69) is 0 Å². The highest BCUT2D eigenvalue weighted by Gasteiger charge is 2.29. The number of ether oxygens (including phenoxy) is 1. The zero-order valence-corrected chi connectivity index (χ0v) is 17.9. The molecule has 3 rings (SSSR count). The van der Waals surface area contributed by atoms with Crippen molar-refractivity contribution in [3.63, 3.8) is 0 Å². The van der Waals surface area contributed by atoms with Crippen molar-refractivity contribution in [2.24, 2.45) is 5.92 Å². The highest BCUT2D eigenvalue weighted by Crippen LogP contribution is 2.35. The maximum atomic E-state index is 13.0. The summed E-state index contributed by atoms with van der Waals surface area (Å²) in [6.45, 7) is 2.07. The number of rotatable bonds is 5. The van der Waals surface area contributed by atoms with Gasteiger partial charge in [-0.3, -0.25) is 9.59 Å². The van der Waals surface area contributed by atoms with Gasteiger partial charge >= 0.3 is 0 Å². The van der Waals surface area contributed by atoms with E-state index >= 15 is 0 Å². The Balaban J connectivity index is 1.54. The molecule has 1 aliphatic carbocycles. The quantitative estimate of drug-likeness (QED) is 0.688. The van der Waals surface area contributed by atoms with Crippen LogP contribution in [0.1, 0.15) is 55.3 Å². The van der Waals surface area contributed by atoms with E-state index in [0.29, 0.717) is 54.3 Å². The topological polar surface area (TPSA) is 49.9 Å². The van der Waals surface area contributed by atoms with E-state index in [1.807, 2.05) is 4.90 Å². The molecule has 0 radical (unpaired) electrons. The maximum Gasteiger partial charge on any atom is 0.259 e. The van der Waals surface area contributed by atoms with Gasteiger partial charge in [-0.1, -0.05) is 55.3 Å².